The van der Waals surface area contributed by atoms with E-state index >= 15 is 0 Å². The number of nitrogens with one attached hydrogen (secondary N) is 2. The second-order valence-electron chi connectivity index (χ2n) is 8.46. The van der Waals surface area contributed by atoms with Crippen LogP contribution in [0.4, 0.5) is 5.69 Å². The van der Waals surface area contributed by atoms with E-state index in [2.05, 4.69) is 10.6 Å². The Balaban J connectivity index is 1.63. The third-order valence-electron chi connectivity index (χ3n) is 5.84. The Hall–Kier alpha value is -3.49. The first kappa shape index (κ1) is 24.6. The molecule has 35 heavy (non-hydrogen) atoms. The monoisotopic (exact) mass is 491 g/mol. The summed E-state index contributed by atoms with van der Waals surface area (Å²) in [7, 11) is 0. The number of benzene rings is 2. The van der Waals surface area contributed by atoms with Gasteiger partial charge in [-0.1, -0.05) is 48.5 Å². The molecule has 1 fully saturated rings. The Morgan fingerprint density at radius 3 is 2.57 bits per heavy atom. The predicted molar refractivity (Wildman–Crippen MR) is 136 cm³/mol. The second kappa shape index (κ2) is 11.8. The molecule has 1 saturated heterocycles. The summed E-state index contributed by atoms with van der Waals surface area (Å²) in [6.45, 7) is 2.76. The van der Waals surface area contributed by atoms with Gasteiger partial charge in [-0.25, -0.2) is 0 Å². The van der Waals surface area contributed by atoms with E-state index in [0.717, 1.165) is 18.4 Å². The molecule has 1 aromatic heterocycles. The minimum Gasteiger partial charge on any atom is -0.376 e. The van der Waals surface area contributed by atoms with E-state index in [1.807, 2.05) is 55.5 Å². The number of aryl methyl sites for hydroxylation is 1. The topological polar surface area (TPSA) is 87.7 Å². The normalized spacial score (nSPS) is 15.9. The molecule has 0 saturated carbocycles. The number of ether oxygens (including phenoxy) is 1. The average Bonchev–Trinajstić information content (AvgIpc) is 3.59. The fourth-order valence-corrected chi connectivity index (χ4v) is 4.76. The van der Waals surface area contributed by atoms with Crippen LogP contribution in [0.15, 0.2) is 72.1 Å². The van der Waals surface area contributed by atoms with Gasteiger partial charge < -0.3 is 15.4 Å². The molecular weight excluding hydrogens is 462 g/mol. The van der Waals surface area contributed by atoms with Gasteiger partial charge in [-0.05, 0) is 54.5 Å². The van der Waals surface area contributed by atoms with Crippen molar-refractivity contribution in [3.05, 3.63) is 88.1 Å². The van der Waals surface area contributed by atoms with Crippen molar-refractivity contribution in [3.8, 4) is 0 Å². The second-order valence-corrected chi connectivity index (χ2v) is 9.40. The first-order valence-corrected chi connectivity index (χ1v) is 12.6. The van der Waals surface area contributed by atoms with E-state index in [9.17, 15) is 14.4 Å². The fraction of sp³-hybridized carbons (Fsp3) is 0.296. The first-order valence-electron chi connectivity index (χ1n) is 11.7. The smallest absolute Gasteiger partial charge is 0.261 e. The maximum Gasteiger partial charge on any atom is 0.261 e. The lowest BCUT2D eigenvalue weighted by Gasteiger charge is -2.32. The number of anilines is 1. The van der Waals surface area contributed by atoms with E-state index in [1.165, 1.54) is 16.2 Å². The predicted octanol–water partition coefficient (Wildman–Crippen LogP) is 3.86. The van der Waals surface area contributed by atoms with Crippen molar-refractivity contribution < 1.29 is 19.1 Å². The van der Waals surface area contributed by atoms with Gasteiger partial charge in [0.1, 0.15) is 6.04 Å². The summed E-state index contributed by atoms with van der Waals surface area (Å²) in [6.07, 6.45) is 1.84. The third kappa shape index (κ3) is 6.35. The zero-order chi connectivity index (χ0) is 24.6. The van der Waals surface area contributed by atoms with Crippen LogP contribution >= 0.6 is 11.3 Å². The molecule has 4 rings (SSSR count). The Bertz CT molecular complexity index is 1140. The molecule has 0 radical (unpaired) electrons. The van der Waals surface area contributed by atoms with Crippen LogP contribution in [0.25, 0.3) is 0 Å². The summed E-state index contributed by atoms with van der Waals surface area (Å²) in [5, 5.41) is 7.49. The maximum atomic E-state index is 13.6. The van der Waals surface area contributed by atoms with Crippen LogP contribution in [0.3, 0.4) is 0 Å². The van der Waals surface area contributed by atoms with E-state index < -0.39 is 6.04 Å². The molecule has 182 valence electrons. The molecule has 0 spiro atoms. The van der Waals surface area contributed by atoms with Crippen LogP contribution in [0.2, 0.25) is 0 Å². The van der Waals surface area contributed by atoms with Crippen LogP contribution in [0, 0.1) is 6.92 Å². The Morgan fingerprint density at radius 1 is 1.06 bits per heavy atom. The maximum absolute atomic E-state index is 13.6. The number of hydrogen-bond acceptors (Lipinski definition) is 5. The lowest BCUT2D eigenvalue weighted by Crippen LogP contribution is -2.48. The summed E-state index contributed by atoms with van der Waals surface area (Å²) < 4.78 is 5.66. The highest BCUT2D eigenvalue weighted by atomic mass is 32.1. The van der Waals surface area contributed by atoms with Gasteiger partial charge in [-0.3, -0.25) is 19.3 Å². The molecule has 1 aliphatic rings. The largest absolute Gasteiger partial charge is 0.376 e. The van der Waals surface area contributed by atoms with Gasteiger partial charge in [0, 0.05) is 18.8 Å². The Kier molecular flexibility index (Phi) is 8.28. The van der Waals surface area contributed by atoms with Crippen LogP contribution in [-0.4, -0.2) is 43.5 Å². The zero-order valence-corrected chi connectivity index (χ0v) is 20.4. The lowest BCUT2D eigenvalue weighted by atomic mass is 10.0. The molecule has 3 aromatic rings. The highest BCUT2D eigenvalue weighted by Crippen LogP contribution is 2.29. The third-order valence-corrected chi connectivity index (χ3v) is 6.71. The molecule has 0 bridgehead atoms. The number of nitrogens with zero attached hydrogens (tertiary/aromatic N) is 1. The van der Waals surface area contributed by atoms with E-state index in [4.69, 9.17) is 4.74 Å². The number of hydrogen-bond donors (Lipinski definition) is 2. The number of rotatable bonds is 9. The quantitative estimate of drug-likeness (QED) is 0.476. The van der Waals surface area contributed by atoms with Crippen molar-refractivity contribution in [1.29, 1.82) is 0 Å². The molecule has 2 atom stereocenters. The zero-order valence-electron chi connectivity index (χ0n) is 19.6. The summed E-state index contributed by atoms with van der Waals surface area (Å²) in [6, 6.07) is 19.2. The Labute approximate surface area is 209 Å². The number of amides is 3. The van der Waals surface area contributed by atoms with Gasteiger partial charge in [-0.2, -0.15) is 0 Å². The first-order chi connectivity index (χ1) is 17.0. The van der Waals surface area contributed by atoms with Crippen molar-refractivity contribution in [1.82, 2.24) is 10.6 Å². The summed E-state index contributed by atoms with van der Waals surface area (Å²) in [5.74, 6) is -1.01. The van der Waals surface area contributed by atoms with Crippen molar-refractivity contribution >= 4 is 34.7 Å². The van der Waals surface area contributed by atoms with Crippen LogP contribution in [0.5, 0.6) is 0 Å². The van der Waals surface area contributed by atoms with Crippen molar-refractivity contribution in [2.24, 2.45) is 0 Å². The highest BCUT2D eigenvalue weighted by Gasteiger charge is 2.33. The fourth-order valence-electron chi connectivity index (χ4n) is 4.12. The molecule has 2 N–H and O–H groups in total. The molecule has 3 amide bonds. The summed E-state index contributed by atoms with van der Waals surface area (Å²) in [5.41, 5.74) is 2.22. The Morgan fingerprint density at radius 2 is 1.89 bits per heavy atom. The molecule has 7 nitrogen and oxygen atoms in total. The standard InChI is InChI=1S/C27H29N3O4S/c1-19-8-5-11-21(16-19)30(24(31)18-29-26(32)23-13-7-15-35-23)25(20-9-3-2-4-10-20)27(33)28-17-22-12-6-14-34-22/h2-5,7-11,13,15-16,22,25H,6,12,14,17-18H2,1H3,(H,28,33)(H,29,32). The van der Waals surface area contributed by atoms with Crippen molar-refractivity contribution in [3.63, 3.8) is 0 Å². The molecule has 0 aliphatic carbocycles. The average molecular weight is 492 g/mol. The van der Waals surface area contributed by atoms with Crippen LogP contribution in [0.1, 0.15) is 39.7 Å². The lowest BCUT2D eigenvalue weighted by molar-refractivity contribution is -0.126. The van der Waals surface area contributed by atoms with Gasteiger partial charge in [0.15, 0.2) is 0 Å². The number of carbonyl (C=O) groups is 3. The van der Waals surface area contributed by atoms with Gasteiger partial charge in [0.05, 0.1) is 17.5 Å². The summed E-state index contributed by atoms with van der Waals surface area (Å²) in [4.78, 5) is 41.7. The minimum atomic E-state index is -0.912. The van der Waals surface area contributed by atoms with Gasteiger partial charge >= 0.3 is 0 Å². The molecular formula is C27H29N3O4S. The molecule has 8 heteroatoms. The molecule has 2 heterocycles. The van der Waals surface area contributed by atoms with E-state index in [0.29, 0.717) is 29.3 Å². The van der Waals surface area contributed by atoms with Crippen molar-refractivity contribution in [2.75, 3.05) is 24.6 Å². The minimum absolute atomic E-state index is 0.0245. The van der Waals surface area contributed by atoms with Gasteiger partial charge in [0.2, 0.25) is 11.8 Å². The highest BCUT2D eigenvalue weighted by molar-refractivity contribution is 7.12. The van der Waals surface area contributed by atoms with Crippen LogP contribution < -0.4 is 15.5 Å². The number of carbonyl (C=O) groups excluding carboxylic acids is 3. The molecule has 2 aromatic carbocycles. The van der Waals surface area contributed by atoms with Crippen molar-refractivity contribution in [2.45, 2.75) is 31.9 Å². The van der Waals surface area contributed by atoms with Gasteiger partial charge in [-0.15, -0.1) is 11.3 Å². The van der Waals surface area contributed by atoms with E-state index in [-0.39, 0.29) is 30.4 Å². The summed E-state index contributed by atoms with van der Waals surface area (Å²) >= 11 is 1.30. The van der Waals surface area contributed by atoms with Gasteiger partial charge in [0.25, 0.3) is 5.91 Å². The van der Waals surface area contributed by atoms with E-state index in [1.54, 1.807) is 23.6 Å². The van der Waals surface area contributed by atoms with Crippen LogP contribution in [-0.2, 0) is 14.3 Å². The molecule has 2 unspecified atom stereocenters. The SMILES string of the molecule is Cc1cccc(N(C(=O)CNC(=O)c2cccs2)C(C(=O)NCC2CCCO2)c2ccccc2)c1. The number of thiophene rings is 1. The molecule has 1 aliphatic heterocycles.